The monoisotopic (exact) mass is 389 g/mol. The third kappa shape index (κ3) is 3.00. The van der Waals surface area contributed by atoms with E-state index in [1.54, 1.807) is 26.4 Å². The minimum absolute atomic E-state index is 0.0308. The van der Waals surface area contributed by atoms with Crippen LogP contribution in [0.5, 0.6) is 11.5 Å². The molecule has 0 aliphatic heterocycles. The fourth-order valence-electron chi connectivity index (χ4n) is 3.11. The van der Waals surface area contributed by atoms with Crippen molar-refractivity contribution in [3.8, 4) is 11.5 Å². The second-order valence-corrected chi connectivity index (χ2v) is 6.88. The van der Waals surface area contributed by atoms with Gasteiger partial charge in [0.15, 0.2) is 11.5 Å². The van der Waals surface area contributed by atoms with Crippen molar-refractivity contribution in [2.24, 2.45) is 0 Å². The van der Waals surface area contributed by atoms with Gasteiger partial charge in [-0.15, -0.1) is 0 Å². The van der Waals surface area contributed by atoms with E-state index < -0.39 is 5.41 Å². The fourth-order valence-corrected chi connectivity index (χ4v) is 3.38. The Morgan fingerprint density at radius 1 is 1.04 bits per heavy atom. The predicted molar refractivity (Wildman–Crippen MR) is 97.8 cm³/mol. The van der Waals surface area contributed by atoms with E-state index in [0.717, 1.165) is 29.3 Å². The number of nitrogens with one attached hydrogen (secondary N) is 1. The van der Waals surface area contributed by atoms with Gasteiger partial charge in [0.05, 0.1) is 19.6 Å². The third-order valence-corrected chi connectivity index (χ3v) is 5.21. The Bertz CT molecular complexity index is 739. The summed E-state index contributed by atoms with van der Waals surface area (Å²) < 4.78 is 11.5. The molecule has 0 atom stereocenters. The van der Waals surface area contributed by atoms with Crippen LogP contribution in [0.25, 0.3) is 0 Å². The normalized spacial score (nSPS) is 15.3. The van der Waals surface area contributed by atoms with Crippen molar-refractivity contribution in [1.29, 1.82) is 0 Å². The number of carbonyl (C=O) groups excluding carboxylic acids is 1. The molecule has 1 amide bonds. The minimum atomic E-state index is -0.437. The van der Waals surface area contributed by atoms with Gasteiger partial charge in [0.25, 0.3) is 0 Å². The summed E-state index contributed by atoms with van der Waals surface area (Å²) in [6, 6.07) is 13.4. The molecular weight excluding hydrogens is 370 g/mol. The summed E-state index contributed by atoms with van der Waals surface area (Å²) in [5, 5.41) is 3.04. The van der Waals surface area contributed by atoms with Crippen molar-refractivity contribution in [3.05, 3.63) is 52.5 Å². The van der Waals surface area contributed by atoms with Crippen LogP contribution in [0.1, 0.15) is 24.8 Å². The van der Waals surface area contributed by atoms with E-state index >= 15 is 0 Å². The van der Waals surface area contributed by atoms with E-state index in [9.17, 15) is 4.79 Å². The molecule has 2 aromatic rings. The molecular formula is C19H20BrNO3. The zero-order chi connectivity index (χ0) is 17.2. The highest BCUT2D eigenvalue weighted by Gasteiger charge is 2.45. The number of hydrogen-bond donors (Lipinski definition) is 1. The molecule has 0 heterocycles. The average molecular weight is 390 g/mol. The van der Waals surface area contributed by atoms with Crippen LogP contribution < -0.4 is 14.8 Å². The molecule has 24 heavy (non-hydrogen) atoms. The second kappa shape index (κ2) is 6.85. The van der Waals surface area contributed by atoms with Gasteiger partial charge in [0.1, 0.15) is 0 Å². The van der Waals surface area contributed by atoms with Crippen molar-refractivity contribution in [2.75, 3.05) is 19.5 Å². The zero-order valence-electron chi connectivity index (χ0n) is 13.8. The molecule has 0 spiro atoms. The fraction of sp³-hybridized carbons (Fsp3) is 0.316. The van der Waals surface area contributed by atoms with Gasteiger partial charge < -0.3 is 14.8 Å². The number of anilines is 1. The molecule has 0 radical (unpaired) electrons. The standard InChI is InChI=1S/C19H20BrNO3/c1-23-16-9-8-15(12-17(16)24-2)21-18(22)19(10-3-11-19)13-4-6-14(20)7-5-13/h4-9,12H,3,10-11H2,1-2H3,(H,21,22). The number of rotatable bonds is 5. The lowest BCUT2D eigenvalue weighted by Gasteiger charge is -2.40. The quantitative estimate of drug-likeness (QED) is 0.816. The van der Waals surface area contributed by atoms with Crippen molar-refractivity contribution in [3.63, 3.8) is 0 Å². The molecule has 0 saturated heterocycles. The van der Waals surface area contributed by atoms with Crippen LogP contribution >= 0.6 is 15.9 Å². The molecule has 126 valence electrons. The number of methoxy groups -OCH3 is 2. The molecule has 2 aromatic carbocycles. The first kappa shape index (κ1) is 16.8. The molecule has 5 heteroatoms. The molecule has 1 saturated carbocycles. The second-order valence-electron chi connectivity index (χ2n) is 5.97. The third-order valence-electron chi connectivity index (χ3n) is 4.68. The molecule has 1 fully saturated rings. The van der Waals surface area contributed by atoms with E-state index in [4.69, 9.17) is 9.47 Å². The highest BCUT2D eigenvalue weighted by molar-refractivity contribution is 9.10. The van der Waals surface area contributed by atoms with Crippen LogP contribution in [0, 0.1) is 0 Å². The molecule has 4 nitrogen and oxygen atoms in total. The zero-order valence-corrected chi connectivity index (χ0v) is 15.4. The van der Waals surface area contributed by atoms with Crippen LogP contribution in [0.15, 0.2) is 46.9 Å². The Morgan fingerprint density at radius 2 is 1.71 bits per heavy atom. The molecule has 0 unspecified atom stereocenters. The predicted octanol–water partition coefficient (Wildman–Crippen LogP) is 4.53. The molecule has 1 N–H and O–H groups in total. The maximum Gasteiger partial charge on any atom is 0.235 e. The van der Waals surface area contributed by atoms with Crippen LogP contribution in [-0.4, -0.2) is 20.1 Å². The number of carbonyl (C=O) groups is 1. The average Bonchev–Trinajstić information content (AvgIpc) is 2.55. The molecule has 0 bridgehead atoms. The summed E-state index contributed by atoms with van der Waals surface area (Å²) >= 11 is 3.45. The van der Waals surface area contributed by atoms with Gasteiger partial charge in [-0.2, -0.15) is 0 Å². The first-order valence-electron chi connectivity index (χ1n) is 7.88. The lowest BCUT2D eigenvalue weighted by molar-refractivity contribution is -0.124. The Hall–Kier alpha value is -2.01. The number of amides is 1. The van der Waals surface area contributed by atoms with Gasteiger partial charge in [-0.25, -0.2) is 0 Å². The number of ether oxygens (including phenoxy) is 2. The van der Waals surface area contributed by atoms with E-state index in [2.05, 4.69) is 21.2 Å². The van der Waals surface area contributed by atoms with Crippen LogP contribution in [-0.2, 0) is 10.2 Å². The van der Waals surface area contributed by atoms with Gasteiger partial charge >= 0.3 is 0 Å². The summed E-state index contributed by atoms with van der Waals surface area (Å²) in [5.74, 6) is 1.27. The molecule has 1 aliphatic rings. The first-order valence-corrected chi connectivity index (χ1v) is 8.68. The maximum atomic E-state index is 13.0. The van der Waals surface area contributed by atoms with Crippen LogP contribution in [0.2, 0.25) is 0 Å². The highest BCUT2D eigenvalue weighted by atomic mass is 79.9. The molecule has 3 rings (SSSR count). The molecule has 0 aromatic heterocycles. The van der Waals surface area contributed by atoms with Gasteiger partial charge in [-0.3, -0.25) is 4.79 Å². The van der Waals surface area contributed by atoms with E-state index in [1.165, 1.54) is 0 Å². The van der Waals surface area contributed by atoms with Gasteiger partial charge in [-0.1, -0.05) is 34.5 Å². The summed E-state index contributed by atoms with van der Waals surface area (Å²) in [5.41, 5.74) is 1.34. The van der Waals surface area contributed by atoms with E-state index in [-0.39, 0.29) is 5.91 Å². The van der Waals surface area contributed by atoms with Crippen molar-refractivity contribution in [1.82, 2.24) is 0 Å². The van der Waals surface area contributed by atoms with Crippen LogP contribution in [0.3, 0.4) is 0 Å². The largest absolute Gasteiger partial charge is 0.493 e. The Morgan fingerprint density at radius 3 is 2.25 bits per heavy atom. The smallest absolute Gasteiger partial charge is 0.235 e. The summed E-state index contributed by atoms with van der Waals surface area (Å²) in [7, 11) is 3.17. The Balaban J connectivity index is 1.84. The SMILES string of the molecule is COc1ccc(NC(=O)C2(c3ccc(Br)cc3)CCC2)cc1OC. The van der Waals surface area contributed by atoms with Crippen LogP contribution in [0.4, 0.5) is 5.69 Å². The Kier molecular flexibility index (Phi) is 4.81. The van der Waals surface area contributed by atoms with Gasteiger partial charge in [0.2, 0.25) is 5.91 Å². The molecule has 1 aliphatic carbocycles. The Labute approximate surface area is 150 Å². The number of halogens is 1. The number of benzene rings is 2. The lowest BCUT2D eigenvalue weighted by atomic mass is 9.64. The lowest BCUT2D eigenvalue weighted by Crippen LogP contribution is -2.46. The minimum Gasteiger partial charge on any atom is -0.493 e. The van der Waals surface area contributed by atoms with Crippen molar-refractivity contribution in [2.45, 2.75) is 24.7 Å². The first-order chi connectivity index (χ1) is 11.6. The van der Waals surface area contributed by atoms with Gasteiger partial charge in [-0.05, 0) is 42.7 Å². The maximum absolute atomic E-state index is 13.0. The van der Waals surface area contributed by atoms with Gasteiger partial charge in [0, 0.05) is 16.2 Å². The summed E-state index contributed by atoms with van der Waals surface area (Å²) in [6.07, 6.45) is 2.80. The van der Waals surface area contributed by atoms with E-state index in [0.29, 0.717) is 17.2 Å². The number of hydrogen-bond acceptors (Lipinski definition) is 3. The topological polar surface area (TPSA) is 47.6 Å². The van der Waals surface area contributed by atoms with E-state index in [1.807, 2.05) is 30.3 Å². The van der Waals surface area contributed by atoms with Crippen molar-refractivity contribution >= 4 is 27.5 Å². The summed E-state index contributed by atoms with van der Waals surface area (Å²) in [4.78, 5) is 13.0. The van der Waals surface area contributed by atoms with Crippen molar-refractivity contribution < 1.29 is 14.3 Å². The highest BCUT2D eigenvalue weighted by Crippen LogP contribution is 2.45. The summed E-state index contributed by atoms with van der Waals surface area (Å²) in [6.45, 7) is 0.